The van der Waals surface area contributed by atoms with E-state index in [0.29, 0.717) is 19.4 Å². The SMILES string of the molecule is FC1(F)NCC12CCC2. The van der Waals surface area contributed by atoms with E-state index in [1.165, 1.54) is 0 Å². The molecule has 1 N–H and O–H groups in total. The fraction of sp³-hybridized carbons (Fsp3) is 1.00. The monoisotopic (exact) mass is 133 g/mol. The van der Waals surface area contributed by atoms with E-state index in [2.05, 4.69) is 5.32 Å². The second-order valence-corrected chi connectivity index (χ2v) is 3.06. The van der Waals surface area contributed by atoms with E-state index in [9.17, 15) is 8.78 Å². The lowest BCUT2D eigenvalue weighted by Gasteiger charge is -2.55. The molecule has 1 saturated heterocycles. The Morgan fingerprint density at radius 3 is 1.89 bits per heavy atom. The Morgan fingerprint density at radius 2 is 1.89 bits per heavy atom. The van der Waals surface area contributed by atoms with Gasteiger partial charge in [-0.2, -0.15) is 8.78 Å². The minimum Gasteiger partial charge on any atom is -0.257 e. The molecule has 0 bridgehead atoms. The van der Waals surface area contributed by atoms with Crippen LogP contribution < -0.4 is 5.32 Å². The van der Waals surface area contributed by atoms with Gasteiger partial charge in [-0.05, 0) is 12.8 Å². The first kappa shape index (κ1) is 5.59. The van der Waals surface area contributed by atoms with Crippen LogP contribution in [0.4, 0.5) is 8.78 Å². The molecule has 0 radical (unpaired) electrons. The second-order valence-electron chi connectivity index (χ2n) is 3.06. The average molecular weight is 133 g/mol. The van der Waals surface area contributed by atoms with Gasteiger partial charge in [0.2, 0.25) is 0 Å². The van der Waals surface area contributed by atoms with Crippen molar-refractivity contribution in [3.8, 4) is 0 Å². The molecule has 3 heteroatoms. The van der Waals surface area contributed by atoms with Gasteiger partial charge in [-0.15, -0.1) is 0 Å². The van der Waals surface area contributed by atoms with Gasteiger partial charge in [-0.3, -0.25) is 5.32 Å². The summed E-state index contributed by atoms with van der Waals surface area (Å²) >= 11 is 0. The summed E-state index contributed by atoms with van der Waals surface area (Å²) in [5.41, 5.74) is -0.604. The van der Waals surface area contributed by atoms with Crippen LogP contribution in [0, 0.1) is 5.41 Å². The fourth-order valence-corrected chi connectivity index (χ4v) is 1.57. The molecule has 9 heavy (non-hydrogen) atoms. The van der Waals surface area contributed by atoms with Crippen LogP contribution in [0.3, 0.4) is 0 Å². The number of nitrogens with one attached hydrogen (secondary N) is 1. The maximum absolute atomic E-state index is 12.5. The molecule has 1 aliphatic carbocycles. The second kappa shape index (κ2) is 1.29. The Balaban J connectivity index is 2.13. The molecule has 1 spiro atoms. The molecule has 1 saturated carbocycles. The number of rotatable bonds is 0. The summed E-state index contributed by atoms with van der Waals surface area (Å²) in [4.78, 5) is 0. The molecule has 1 aliphatic heterocycles. The van der Waals surface area contributed by atoms with Gasteiger partial charge in [0, 0.05) is 6.54 Å². The van der Waals surface area contributed by atoms with Crippen LogP contribution in [-0.4, -0.2) is 12.6 Å². The molecule has 0 amide bonds. The van der Waals surface area contributed by atoms with Crippen molar-refractivity contribution in [2.75, 3.05) is 6.54 Å². The van der Waals surface area contributed by atoms with Crippen molar-refractivity contribution in [1.29, 1.82) is 0 Å². The molecule has 52 valence electrons. The minimum absolute atomic E-state index is 0.528. The highest BCUT2D eigenvalue weighted by Gasteiger charge is 2.64. The Hall–Kier alpha value is -0.180. The van der Waals surface area contributed by atoms with E-state index in [0.717, 1.165) is 6.42 Å². The first-order valence-electron chi connectivity index (χ1n) is 3.29. The lowest BCUT2D eigenvalue weighted by molar-refractivity contribution is -0.247. The molecule has 0 aromatic carbocycles. The summed E-state index contributed by atoms with van der Waals surface area (Å²) in [5, 5.41) is 2.14. The van der Waals surface area contributed by atoms with Crippen LogP contribution in [0.2, 0.25) is 0 Å². The van der Waals surface area contributed by atoms with Gasteiger partial charge < -0.3 is 0 Å². The van der Waals surface area contributed by atoms with Crippen molar-refractivity contribution in [2.24, 2.45) is 5.41 Å². The molecular formula is C6H9F2N. The van der Waals surface area contributed by atoms with Crippen molar-refractivity contribution in [3.05, 3.63) is 0 Å². The summed E-state index contributed by atoms with van der Waals surface area (Å²) < 4.78 is 25.1. The predicted molar refractivity (Wildman–Crippen MR) is 29.2 cm³/mol. The highest BCUT2D eigenvalue weighted by atomic mass is 19.3. The standard InChI is InChI=1S/C6H9F2N/c7-6(8)5(4-9-6)2-1-3-5/h9H,1-4H2. The summed E-state index contributed by atoms with van der Waals surface area (Å²) in [6.07, 6.45) is 2.41. The summed E-state index contributed by atoms with van der Waals surface area (Å²) in [7, 11) is 0. The molecule has 0 atom stereocenters. The minimum atomic E-state index is -2.54. The zero-order valence-corrected chi connectivity index (χ0v) is 5.08. The molecule has 0 aromatic rings. The fourth-order valence-electron chi connectivity index (χ4n) is 1.57. The lowest BCUT2D eigenvalue weighted by atomic mass is 9.62. The average Bonchev–Trinajstić information content (AvgIpc) is 1.59. The molecule has 0 unspecified atom stereocenters. The highest BCUT2D eigenvalue weighted by molar-refractivity contribution is 5.06. The van der Waals surface area contributed by atoms with Gasteiger partial charge in [0.15, 0.2) is 0 Å². The molecule has 0 aromatic heterocycles. The molecule has 1 nitrogen and oxygen atoms in total. The van der Waals surface area contributed by atoms with Crippen molar-refractivity contribution >= 4 is 0 Å². The molecule has 1 heterocycles. The van der Waals surface area contributed by atoms with Gasteiger partial charge in [0.05, 0.1) is 5.41 Å². The topological polar surface area (TPSA) is 12.0 Å². The van der Waals surface area contributed by atoms with Crippen molar-refractivity contribution in [2.45, 2.75) is 25.3 Å². The van der Waals surface area contributed by atoms with Gasteiger partial charge >= 0.3 is 6.05 Å². The van der Waals surface area contributed by atoms with E-state index in [1.54, 1.807) is 0 Å². The Labute approximate surface area is 52.4 Å². The van der Waals surface area contributed by atoms with Gasteiger partial charge in [0.25, 0.3) is 0 Å². The van der Waals surface area contributed by atoms with E-state index < -0.39 is 11.5 Å². The quantitative estimate of drug-likeness (QED) is 0.492. The normalized spacial score (nSPS) is 35.3. The van der Waals surface area contributed by atoms with Crippen LogP contribution >= 0.6 is 0 Å². The van der Waals surface area contributed by atoms with Gasteiger partial charge in [0.1, 0.15) is 0 Å². The highest BCUT2D eigenvalue weighted by Crippen LogP contribution is 2.55. The largest absolute Gasteiger partial charge is 0.309 e. The van der Waals surface area contributed by atoms with E-state index in [4.69, 9.17) is 0 Å². The van der Waals surface area contributed by atoms with Crippen molar-refractivity contribution < 1.29 is 8.78 Å². The third kappa shape index (κ3) is 0.467. The zero-order chi connectivity index (χ0) is 6.54. The maximum atomic E-state index is 12.5. The predicted octanol–water partition coefficient (Wildman–Crippen LogP) is 1.35. The smallest absolute Gasteiger partial charge is 0.257 e. The Bertz CT molecular complexity index is 134. The third-order valence-electron chi connectivity index (χ3n) is 2.63. The van der Waals surface area contributed by atoms with Crippen molar-refractivity contribution in [3.63, 3.8) is 0 Å². The van der Waals surface area contributed by atoms with E-state index in [1.807, 2.05) is 0 Å². The third-order valence-corrected chi connectivity index (χ3v) is 2.63. The Morgan fingerprint density at radius 1 is 1.22 bits per heavy atom. The molecule has 2 rings (SSSR count). The van der Waals surface area contributed by atoms with Crippen LogP contribution in [0.15, 0.2) is 0 Å². The van der Waals surface area contributed by atoms with E-state index in [-0.39, 0.29) is 0 Å². The summed E-state index contributed by atoms with van der Waals surface area (Å²) in [6.45, 7) is 0.528. The number of alkyl halides is 2. The van der Waals surface area contributed by atoms with Crippen LogP contribution in [0.5, 0.6) is 0 Å². The van der Waals surface area contributed by atoms with Gasteiger partial charge in [-0.1, -0.05) is 6.42 Å². The van der Waals surface area contributed by atoms with Crippen LogP contribution in [0.25, 0.3) is 0 Å². The zero-order valence-electron chi connectivity index (χ0n) is 5.08. The Kier molecular flexibility index (Phi) is 0.799. The number of halogens is 2. The lowest BCUT2D eigenvalue weighted by Crippen LogP contribution is -2.70. The maximum Gasteiger partial charge on any atom is 0.309 e. The number of hydrogen-bond acceptors (Lipinski definition) is 1. The summed E-state index contributed by atoms with van der Waals surface area (Å²) in [5.74, 6) is 0. The molecular weight excluding hydrogens is 124 g/mol. The molecule has 2 fully saturated rings. The van der Waals surface area contributed by atoms with Gasteiger partial charge in [-0.25, -0.2) is 0 Å². The van der Waals surface area contributed by atoms with Crippen molar-refractivity contribution in [1.82, 2.24) is 5.32 Å². The first-order valence-corrected chi connectivity index (χ1v) is 3.29. The number of hydrogen-bond donors (Lipinski definition) is 1. The molecule has 2 aliphatic rings. The summed E-state index contributed by atoms with van der Waals surface area (Å²) in [6, 6.07) is -2.54. The van der Waals surface area contributed by atoms with Crippen LogP contribution in [-0.2, 0) is 0 Å². The first-order chi connectivity index (χ1) is 4.16. The van der Waals surface area contributed by atoms with Crippen LogP contribution in [0.1, 0.15) is 19.3 Å². The van der Waals surface area contributed by atoms with E-state index >= 15 is 0 Å².